The largest absolute Gasteiger partial charge is 0.497 e. The fourth-order valence-electron chi connectivity index (χ4n) is 4.95. The molecule has 0 spiro atoms. The van der Waals surface area contributed by atoms with Gasteiger partial charge in [-0.05, 0) is 92.1 Å². The van der Waals surface area contributed by atoms with Crippen LogP contribution in [0, 0.1) is 30.6 Å². The van der Waals surface area contributed by atoms with Gasteiger partial charge in [-0.3, -0.25) is 9.88 Å². The Kier molecular flexibility index (Phi) is 8.18. The first-order valence-corrected chi connectivity index (χ1v) is 12.1. The third-order valence-corrected chi connectivity index (χ3v) is 6.92. The Balaban J connectivity index is 1.34. The second-order valence-electron chi connectivity index (χ2n) is 9.27. The molecule has 34 heavy (non-hydrogen) atoms. The van der Waals surface area contributed by atoms with E-state index in [1.165, 1.54) is 5.56 Å². The molecule has 0 bridgehead atoms. The molecule has 4 rings (SSSR count). The van der Waals surface area contributed by atoms with E-state index in [1.807, 2.05) is 36.4 Å². The van der Waals surface area contributed by atoms with Gasteiger partial charge >= 0.3 is 0 Å². The topological polar surface area (TPSA) is 65.8 Å². The Hall–Kier alpha value is -2.91. The van der Waals surface area contributed by atoms with Crippen molar-refractivity contribution in [3.63, 3.8) is 0 Å². The number of fused-ring (bicyclic) bond motifs is 1. The lowest BCUT2D eigenvalue weighted by Crippen LogP contribution is -2.42. The Bertz CT molecular complexity index is 1170. The minimum atomic E-state index is -0.574. The second-order valence-corrected chi connectivity index (χ2v) is 9.27. The third-order valence-electron chi connectivity index (χ3n) is 6.92. The lowest BCUT2D eigenvalue weighted by Gasteiger charge is -2.37. The standard InChI is InChI=1S/C29H34N2O3/c1-21-5-3-6-22(17-21)7-4-15-31-16-13-23(24(19-31)20-32)8-11-29(33)26-12-14-30-28-10-9-25(34-2)18-27(26)28/h3,5-6,9-10,12,14,17-18,23-24,29,32-33H,8,11,13,15-16,19-20H2,1-2H3/t23-,24-,29+/m1/s1. The van der Waals surface area contributed by atoms with Gasteiger partial charge < -0.3 is 14.9 Å². The molecule has 1 aliphatic rings. The maximum Gasteiger partial charge on any atom is 0.119 e. The highest BCUT2D eigenvalue weighted by Gasteiger charge is 2.29. The van der Waals surface area contributed by atoms with E-state index in [4.69, 9.17) is 4.74 Å². The predicted octanol–water partition coefficient (Wildman–Crippen LogP) is 4.35. The fraction of sp³-hybridized carbons (Fsp3) is 0.414. The Morgan fingerprint density at radius 3 is 2.85 bits per heavy atom. The highest BCUT2D eigenvalue weighted by Crippen LogP contribution is 2.33. The average molecular weight is 459 g/mol. The van der Waals surface area contributed by atoms with Gasteiger partial charge in [0.2, 0.25) is 0 Å². The Labute approximate surface area is 202 Å². The van der Waals surface area contributed by atoms with Gasteiger partial charge in [0.25, 0.3) is 0 Å². The first-order chi connectivity index (χ1) is 16.6. The summed E-state index contributed by atoms with van der Waals surface area (Å²) in [5.74, 6) is 7.90. The minimum absolute atomic E-state index is 0.165. The summed E-state index contributed by atoms with van der Waals surface area (Å²) in [5.41, 5.74) is 4.00. The van der Waals surface area contributed by atoms with Crippen LogP contribution in [0.15, 0.2) is 54.7 Å². The lowest BCUT2D eigenvalue weighted by molar-refractivity contribution is 0.0640. The number of pyridine rings is 1. The number of piperidine rings is 1. The van der Waals surface area contributed by atoms with Gasteiger partial charge in [0.1, 0.15) is 5.75 Å². The summed E-state index contributed by atoms with van der Waals surface area (Å²) in [7, 11) is 1.64. The molecular formula is C29H34N2O3. The molecule has 2 heterocycles. The van der Waals surface area contributed by atoms with Crippen molar-refractivity contribution in [2.24, 2.45) is 11.8 Å². The van der Waals surface area contributed by atoms with Crippen LogP contribution in [-0.4, -0.2) is 53.4 Å². The molecule has 0 amide bonds. The molecule has 0 radical (unpaired) electrons. The number of hydrogen-bond acceptors (Lipinski definition) is 5. The van der Waals surface area contributed by atoms with E-state index < -0.39 is 6.10 Å². The fourth-order valence-corrected chi connectivity index (χ4v) is 4.95. The van der Waals surface area contributed by atoms with Crippen LogP contribution in [0.5, 0.6) is 5.75 Å². The molecule has 5 nitrogen and oxygen atoms in total. The van der Waals surface area contributed by atoms with E-state index in [9.17, 15) is 10.2 Å². The zero-order valence-electron chi connectivity index (χ0n) is 20.1. The average Bonchev–Trinajstić information content (AvgIpc) is 2.87. The molecule has 3 aromatic rings. The molecule has 1 aromatic heterocycles. The van der Waals surface area contributed by atoms with Crippen LogP contribution in [0.4, 0.5) is 0 Å². The summed E-state index contributed by atoms with van der Waals surface area (Å²) in [6.07, 6.45) is 3.72. The molecule has 0 saturated carbocycles. The number of rotatable bonds is 7. The van der Waals surface area contributed by atoms with Crippen molar-refractivity contribution in [2.45, 2.75) is 32.3 Å². The number of ether oxygens (including phenoxy) is 1. The Morgan fingerprint density at radius 1 is 1.18 bits per heavy atom. The summed E-state index contributed by atoms with van der Waals surface area (Å²) in [5, 5.41) is 22.0. The van der Waals surface area contributed by atoms with E-state index in [0.717, 1.165) is 53.7 Å². The van der Waals surface area contributed by atoms with Crippen LogP contribution in [0.3, 0.4) is 0 Å². The van der Waals surface area contributed by atoms with Crippen LogP contribution in [0.25, 0.3) is 10.9 Å². The summed E-state index contributed by atoms with van der Waals surface area (Å²) in [6, 6.07) is 15.9. The van der Waals surface area contributed by atoms with Crippen molar-refractivity contribution in [3.05, 3.63) is 71.4 Å². The molecule has 1 fully saturated rings. The molecular weight excluding hydrogens is 424 g/mol. The lowest BCUT2D eigenvalue weighted by atomic mass is 9.81. The smallest absolute Gasteiger partial charge is 0.119 e. The van der Waals surface area contributed by atoms with Gasteiger partial charge in [-0.2, -0.15) is 0 Å². The summed E-state index contributed by atoms with van der Waals surface area (Å²) in [6.45, 7) is 4.76. The SMILES string of the molecule is COc1ccc2nccc([C@@H](O)CC[C@@H]3CCN(CC#Cc4cccc(C)c4)C[C@@H]3CO)c2c1. The van der Waals surface area contributed by atoms with Crippen molar-refractivity contribution in [2.75, 3.05) is 33.4 Å². The molecule has 2 N–H and O–H groups in total. The molecule has 0 unspecified atom stereocenters. The van der Waals surface area contributed by atoms with Gasteiger partial charge in [-0.1, -0.05) is 24.0 Å². The number of likely N-dealkylation sites (tertiary alicyclic amines) is 1. The van der Waals surface area contributed by atoms with Crippen LogP contribution in [0.2, 0.25) is 0 Å². The Morgan fingerprint density at radius 2 is 2.06 bits per heavy atom. The van der Waals surface area contributed by atoms with Crippen LogP contribution < -0.4 is 4.74 Å². The minimum Gasteiger partial charge on any atom is -0.497 e. The third kappa shape index (κ3) is 5.95. The van der Waals surface area contributed by atoms with Gasteiger partial charge in [-0.25, -0.2) is 0 Å². The van der Waals surface area contributed by atoms with Gasteiger partial charge in [0.05, 0.1) is 25.3 Å². The monoisotopic (exact) mass is 458 g/mol. The highest BCUT2D eigenvalue weighted by molar-refractivity contribution is 5.83. The van der Waals surface area contributed by atoms with Gasteiger partial charge in [-0.15, -0.1) is 0 Å². The van der Waals surface area contributed by atoms with Crippen LogP contribution in [0.1, 0.15) is 42.1 Å². The summed E-state index contributed by atoms with van der Waals surface area (Å²) >= 11 is 0. The number of hydrogen-bond donors (Lipinski definition) is 2. The first-order valence-electron chi connectivity index (χ1n) is 12.1. The summed E-state index contributed by atoms with van der Waals surface area (Å²) < 4.78 is 5.36. The number of benzene rings is 2. The normalized spacial score (nSPS) is 19.4. The summed E-state index contributed by atoms with van der Waals surface area (Å²) in [4.78, 5) is 6.75. The second kappa shape index (κ2) is 11.5. The molecule has 1 saturated heterocycles. The van der Waals surface area contributed by atoms with Gasteiger partial charge in [0.15, 0.2) is 0 Å². The van der Waals surface area contributed by atoms with E-state index in [2.05, 4.69) is 40.8 Å². The number of aliphatic hydroxyl groups excluding tert-OH is 2. The van der Waals surface area contributed by atoms with E-state index in [-0.39, 0.29) is 12.5 Å². The highest BCUT2D eigenvalue weighted by atomic mass is 16.5. The molecule has 3 atom stereocenters. The molecule has 178 valence electrons. The van der Waals surface area contributed by atoms with Crippen molar-refractivity contribution >= 4 is 10.9 Å². The number of nitrogens with zero attached hydrogens (tertiary/aromatic N) is 2. The van der Waals surface area contributed by atoms with Gasteiger partial charge in [0, 0.05) is 30.3 Å². The quantitative estimate of drug-likeness (QED) is 0.516. The molecule has 1 aliphatic heterocycles. The van der Waals surface area contributed by atoms with E-state index >= 15 is 0 Å². The van der Waals surface area contributed by atoms with E-state index in [0.29, 0.717) is 18.9 Å². The maximum absolute atomic E-state index is 11.0. The number of aryl methyl sites for hydroxylation is 1. The van der Waals surface area contributed by atoms with E-state index in [1.54, 1.807) is 13.3 Å². The molecule has 5 heteroatoms. The number of methoxy groups -OCH3 is 1. The zero-order chi connectivity index (χ0) is 23.9. The van der Waals surface area contributed by atoms with Crippen molar-refractivity contribution < 1.29 is 14.9 Å². The van der Waals surface area contributed by atoms with Crippen molar-refractivity contribution in [1.82, 2.24) is 9.88 Å². The maximum atomic E-state index is 11.0. The van der Waals surface area contributed by atoms with Crippen LogP contribution >= 0.6 is 0 Å². The first kappa shape index (κ1) is 24.2. The van der Waals surface area contributed by atoms with Crippen molar-refractivity contribution in [3.8, 4) is 17.6 Å². The predicted molar refractivity (Wildman–Crippen MR) is 136 cm³/mol. The number of aromatic nitrogens is 1. The zero-order valence-corrected chi connectivity index (χ0v) is 20.1. The molecule has 0 aliphatic carbocycles. The van der Waals surface area contributed by atoms with Crippen LogP contribution in [-0.2, 0) is 0 Å². The molecule has 2 aromatic carbocycles. The van der Waals surface area contributed by atoms with Crippen molar-refractivity contribution in [1.29, 1.82) is 0 Å². The number of aliphatic hydroxyl groups is 2.